The predicted octanol–water partition coefficient (Wildman–Crippen LogP) is 2.79. The molecule has 0 atom stereocenters. The molecule has 0 unspecified atom stereocenters. The van der Waals surface area contributed by atoms with Crippen LogP contribution in [0.3, 0.4) is 0 Å². The number of nitrogens with one attached hydrogen (secondary N) is 2. The van der Waals surface area contributed by atoms with E-state index in [1.807, 2.05) is 0 Å². The zero-order valence-corrected chi connectivity index (χ0v) is 12.5. The van der Waals surface area contributed by atoms with Crippen molar-refractivity contribution in [2.45, 2.75) is 32.8 Å². The molecular weight excluding hydrogens is 268 g/mol. The minimum Gasteiger partial charge on any atom is -0.444 e. The summed E-state index contributed by atoms with van der Waals surface area (Å²) in [6, 6.07) is 6.71. The molecule has 0 aliphatic carbocycles. The van der Waals surface area contributed by atoms with Crippen molar-refractivity contribution < 1.29 is 14.3 Å². The fourth-order valence-corrected chi connectivity index (χ4v) is 1.55. The Morgan fingerprint density at radius 2 is 1.95 bits per heavy atom. The molecule has 0 radical (unpaired) electrons. The molecule has 1 aromatic rings. The average molecular weight is 288 g/mol. The van der Waals surface area contributed by atoms with E-state index in [4.69, 9.17) is 11.2 Å². The first kappa shape index (κ1) is 16.6. The molecule has 0 bridgehead atoms. The molecule has 2 amide bonds. The molecule has 5 heteroatoms. The number of hydrogen-bond donors (Lipinski definition) is 2. The first-order valence-electron chi connectivity index (χ1n) is 6.64. The summed E-state index contributed by atoms with van der Waals surface area (Å²) < 4.78 is 5.17. The lowest BCUT2D eigenvalue weighted by Gasteiger charge is -2.20. The zero-order chi connectivity index (χ0) is 15.9. The van der Waals surface area contributed by atoms with Crippen LogP contribution >= 0.6 is 0 Å². The van der Waals surface area contributed by atoms with Gasteiger partial charge in [-0.05, 0) is 32.9 Å². The lowest BCUT2D eigenvalue weighted by molar-refractivity contribution is 0.0636. The third-order valence-electron chi connectivity index (χ3n) is 2.36. The van der Waals surface area contributed by atoms with Crippen molar-refractivity contribution in [1.82, 2.24) is 5.32 Å². The minimum atomic E-state index is -0.605. The number of carbonyl (C=O) groups excluding carboxylic acids is 2. The molecule has 0 fully saturated rings. The molecule has 2 N–H and O–H groups in total. The van der Waals surface area contributed by atoms with E-state index >= 15 is 0 Å². The van der Waals surface area contributed by atoms with Crippen LogP contribution < -0.4 is 10.6 Å². The molecule has 5 nitrogen and oxygen atoms in total. The van der Waals surface area contributed by atoms with E-state index in [1.54, 1.807) is 45.0 Å². The van der Waals surface area contributed by atoms with Gasteiger partial charge in [-0.1, -0.05) is 12.1 Å². The SMILES string of the molecule is C#CCCNC(=O)c1ccccc1NC(=O)OC(C)(C)C. The van der Waals surface area contributed by atoms with Gasteiger partial charge in [0.1, 0.15) is 5.60 Å². The number of amides is 2. The van der Waals surface area contributed by atoms with Crippen LogP contribution in [0.1, 0.15) is 37.6 Å². The number of rotatable bonds is 4. The van der Waals surface area contributed by atoms with Crippen molar-refractivity contribution in [2.24, 2.45) is 0 Å². The van der Waals surface area contributed by atoms with E-state index in [1.165, 1.54) is 0 Å². The topological polar surface area (TPSA) is 67.4 Å². The molecule has 0 saturated heterocycles. The van der Waals surface area contributed by atoms with Crippen molar-refractivity contribution in [2.75, 3.05) is 11.9 Å². The molecule has 0 spiro atoms. The van der Waals surface area contributed by atoms with Crippen LogP contribution in [0.4, 0.5) is 10.5 Å². The Hall–Kier alpha value is -2.48. The van der Waals surface area contributed by atoms with Crippen molar-refractivity contribution in [3.05, 3.63) is 29.8 Å². The summed E-state index contributed by atoms with van der Waals surface area (Å²) in [5, 5.41) is 5.26. The standard InChI is InChI=1S/C16H20N2O3/c1-5-6-11-17-14(19)12-9-7-8-10-13(12)18-15(20)21-16(2,3)4/h1,7-10H,6,11H2,2-4H3,(H,17,19)(H,18,20). The van der Waals surface area contributed by atoms with Crippen LogP contribution in [0.5, 0.6) is 0 Å². The number of para-hydroxylation sites is 1. The average Bonchev–Trinajstić information content (AvgIpc) is 2.37. The number of ether oxygens (including phenoxy) is 1. The Labute approximate surface area is 125 Å². The van der Waals surface area contributed by atoms with Gasteiger partial charge in [0.25, 0.3) is 5.91 Å². The lowest BCUT2D eigenvalue weighted by atomic mass is 10.1. The third kappa shape index (κ3) is 6.00. The van der Waals surface area contributed by atoms with Crippen LogP contribution in [0.15, 0.2) is 24.3 Å². The molecule has 1 aromatic carbocycles. The quantitative estimate of drug-likeness (QED) is 0.661. The Bertz CT molecular complexity index is 553. The van der Waals surface area contributed by atoms with Crippen LogP contribution in [0, 0.1) is 12.3 Å². The summed E-state index contributed by atoms with van der Waals surface area (Å²) in [4.78, 5) is 23.8. The summed E-state index contributed by atoms with van der Waals surface area (Å²) in [6.07, 6.45) is 4.98. The first-order valence-corrected chi connectivity index (χ1v) is 6.64. The van der Waals surface area contributed by atoms with E-state index in [-0.39, 0.29) is 5.91 Å². The second-order valence-electron chi connectivity index (χ2n) is 5.38. The molecule has 0 saturated carbocycles. The van der Waals surface area contributed by atoms with Crippen molar-refractivity contribution in [3.8, 4) is 12.3 Å². The number of carbonyl (C=O) groups is 2. The minimum absolute atomic E-state index is 0.295. The summed E-state index contributed by atoms with van der Waals surface area (Å²) in [5.41, 5.74) is 0.152. The van der Waals surface area contributed by atoms with Gasteiger partial charge in [0, 0.05) is 13.0 Å². The molecular formula is C16H20N2O3. The molecule has 0 aliphatic rings. The molecule has 1 rings (SSSR count). The van der Waals surface area contributed by atoms with Gasteiger partial charge in [-0.3, -0.25) is 10.1 Å². The largest absolute Gasteiger partial charge is 0.444 e. The normalized spacial score (nSPS) is 10.4. The maximum Gasteiger partial charge on any atom is 0.412 e. The Balaban J connectivity index is 2.78. The van der Waals surface area contributed by atoms with Gasteiger partial charge >= 0.3 is 6.09 Å². The second kappa shape index (κ2) is 7.34. The van der Waals surface area contributed by atoms with Gasteiger partial charge in [-0.25, -0.2) is 4.79 Å². The van der Waals surface area contributed by atoms with Crippen molar-refractivity contribution >= 4 is 17.7 Å². The van der Waals surface area contributed by atoms with E-state index in [0.717, 1.165) is 0 Å². The van der Waals surface area contributed by atoms with Gasteiger partial charge in [0.2, 0.25) is 0 Å². The van der Waals surface area contributed by atoms with E-state index < -0.39 is 11.7 Å². The number of anilines is 1. The maximum atomic E-state index is 12.0. The Kier molecular flexibility index (Phi) is 5.79. The van der Waals surface area contributed by atoms with Crippen LogP contribution in [-0.2, 0) is 4.74 Å². The highest BCUT2D eigenvalue weighted by atomic mass is 16.6. The third-order valence-corrected chi connectivity index (χ3v) is 2.36. The fourth-order valence-electron chi connectivity index (χ4n) is 1.55. The summed E-state index contributed by atoms with van der Waals surface area (Å²) >= 11 is 0. The first-order chi connectivity index (χ1) is 9.83. The highest BCUT2D eigenvalue weighted by Crippen LogP contribution is 2.16. The molecule has 0 aromatic heterocycles. The fraction of sp³-hybridized carbons (Fsp3) is 0.375. The van der Waals surface area contributed by atoms with Crippen LogP contribution in [0.25, 0.3) is 0 Å². The van der Waals surface area contributed by atoms with E-state index in [0.29, 0.717) is 24.2 Å². The number of hydrogen-bond acceptors (Lipinski definition) is 3. The van der Waals surface area contributed by atoms with E-state index in [2.05, 4.69) is 16.6 Å². The molecule has 112 valence electrons. The zero-order valence-electron chi connectivity index (χ0n) is 12.5. The predicted molar refractivity (Wildman–Crippen MR) is 82.1 cm³/mol. The Morgan fingerprint density at radius 3 is 2.57 bits per heavy atom. The molecule has 0 heterocycles. The Morgan fingerprint density at radius 1 is 1.29 bits per heavy atom. The smallest absolute Gasteiger partial charge is 0.412 e. The summed E-state index contributed by atoms with van der Waals surface area (Å²) in [6.45, 7) is 5.69. The highest BCUT2D eigenvalue weighted by Gasteiger charge is 2.18. The van der Waals surface area contributed by atoms with Gasteiger partial charge in [0.15, 0.2) is 0 Å². The second-order valence-corrected chi connectivity index (χ2v) is 5.38. The molecule has 21 heavy (non-hydrogen) atoms. The summed E-state index contributed by atoms with van der Waals surface area (Å²) in [5.74, 6) is 2.15. The molecule has 0 aliphatic heterocycles. The van der Waals surface area contributed by atoms with Gasteiger partial charge in [-0.15, -0.1) is 12.3 Å². The highest BCUT2D eigenvalue weighted by molar-refractivity contribution is 6.02. The van der Waals surface area contributed by atoms with Crippen molar-refractivity contribution in [1.29, 1.82) is 0 Å². The number of terminal acetylenes is 1. The van der Waals surface area contributed by atoms with Gasteiger partial charge in [-0.2, -0.15) is 0 Å². The van der Waals surface area contributed by atoms with Gasteiger partial charge in [0.05, 0.1) is 11.3 Å². The van der Waals surface area contributed by atoms with Crippen molar-refractivity contribution in [3.63, 3.8) is 0 Å². The van der Waals surface area contributed by atoms with Crippen LogP contribution in [-0.4, -0.2) is 24.1 Å². The monoisotopic (exact) mass is 288 g/mol. The number of benzene rings is 1. The van der Waals surface area contributed by atoms with Gasteiger partial charge < -0.3 is 10.1 Å². The summed E-state index contributed by atoms with van der Waals surface area (Å²) in [7, 11) is 0. The lowest BCUT2D eigenvalue weighted by Crippen LogP contribution is -2.29. The maximum absolute atomic E-state index is 12.0. The van der Waals surface area contributed by atoms with E-state index in [9.17, 15) is 9.59 Å². The van der Waals surface area contributed by atoms with Crippen LogP contribution in [0.2, 0.25) is 0 Å².